The van der Waals surface area contributed by atoms with Crippen LogP contribution in [0.5, 0.6) is 11.5 Å². The molecule has 0 aliphatic rings. The molecular formula is C18H21NO3. The third-order valence-corrected chi connectivity index (χ3v) is 3.04. The molecule has 2 aromatic rings. The number of aryl methyl sites for hydroxylation is 1. The number of nitrogens with one attached hydrogen (secondary N) is 1. The lowest BCUT2D eigenvalue weighted by molar-refractivity contribution is -0.116. The fourth-order valence-corrected chi connectivity index (χ4v) is 1.99. The van der Waals surface area contributed by atoms with Gasteiger partial charge in [0, 0.05) is 5.69 Å². The van der Waals surface area contributed by atoms with Gasteiger partial charge in [0.15, 0.2) is 0 Å². The topological polar surface area (TPSA) is 47.6 Å². The van der Waals surface area contributed by atoms with E-state index in [9.17, 15) is 4.79 Å². The lowest BCUT2D eigenvalue weighted by atomic mass is 10.2. The molecule has 0 unspecified atom stereocenters. The van der Waals surface area contributed by atoms with Crippen LogP contribution in [-0.2, 0) is 4.79 Å². The van der Waals surface area contributed by atoms with Crippen molar-refractivity contribution in [3.63, 3.8) is 0 Å². The van der Waals surface area contributed by atoms with Gasteiger partial charge in [0.25, 0.3) is 0 Å². The second kappa shape index (κ2) is 8.08. The SMILES string of the molecule is CCOc1ccc(NC(=O)CCOc2cccc(C)c2)cc1. The van der Waals surface area contributed by atoms with Crippen molar-refractivity contribution in [1.82, 2.24) is 0 Å². The van der Waals surface area contributed by atoms with E-state index in [2.05, 4.69) is 5.32 Å². The van der Waals surface area contributed by atoms with Gasteiger partial charge in [0.05, 0.1) is 19.6 Å². The standard InChI is InChI=1S/C18H21NO3/c1-3-21-16-9-7-15(8-10-16)19-18(20)11-12-22-17-6-4-5-14(2)13-17/h4-10,13H,3,11-12H2,1-2H3,(H,19,20). The van der Waals surface area contributed by atoms with Crippen LogP contribution in [0.2, 0.25) is 0 Å². The monoisotopic (exact) mass is 299 g/mol. The first-order valence-electron chi connectivity index (χ1n) is 7.39. The van der Waals surface area contributed by atoms with Gasteiger partial charge in [0.1, 0.15) is 11.5 Å². The predicted octanol–water partition coefficient (Wildman–Crippen LogP) is 3.80. The van der Waals surface area contributed by atoms with Crippen LogP contribution in [0, 0.1) is 6.92 Å². The zero-order valence-corrected chi connectivity index (χ0v) is 13.0. The van der Waals surface area contributed by atoms with E-state index in [-0.39, 0.29) is 5.91 Å². The minimum atomic E-state index is -0.0724. The number of hydrogen-bond donors (Lipinski definition) is 1. The molecule has 22 heavy (non-hydrogen) atoms. The van der Waals surface area contributed by atoms with Crippen molar-refractivity contribution in [1.29, 1.82) is 0 Å². The number of rotatable bonds is 7. The highest BCUT2D eigenvalue weighted by Gasteiger charge is 2.03. The quantitative estimate of drug-likeness (QED) is 0.846. The minimum Gasteiger partial charge on any atom is -0.494 e. The molecule has 0 bridgehead atoms. The first-order valence-corrected chi connectivity index (χ1v) is 7.39. The number of ether oxygens (including phenoxy) is 2. The highest BCUT2D eigenvalue weighted by Crippen LogP contribution is 2.16. The van der Waals surface area contributed by atoms with Gasteiger partial charge < -0.3 is 14.8 Å². The summed E-state index contributed by atoms with van der Waals surface area (Å²) >= 11 is 0. The van der Waals surface area contributed by atoms with Gasteiger partial charge in [-0.25, -0.2) is 0 Å². The lowest BCUT2D eigenvalue weighted by Gasteiger charge is -2.08. The molecule has 0 heterocycles. The molecule has 0 fully saturated rings. The van der Waals surface area contributed by atoms with Gasteiger partial charge >= 0.3 is 0 Å². The van der Waals surface area contributed by atoms with E-state index in [0.717, 1.165) is 22.7 Å². The fraction of sp³-hybridized carbons (Fsp3) is 0.278. The Morgan fingerprint density at radius 3 is 2.50 bits per heavy atom. The third kappa shape index (κ3) is 5.13. The molecule has 4 heteroatoms. The molecule has 0 saturated heterocycles. The van der Waals surface area contributed by atoms with Gasteiger partial charge in [-0.1, -0.05) is 12.1 Å². The second-order valence-electron chi connectivity index (χ2n) is 4.92. The van der Waals surface area contributed by atoms with E-state index in [1.165, 1.54) is 0 Å². The molecule has 116 valence electrons. The second-order valence-corrected chi connectivity index (χ2v) is 4.92. The van der Waals surface area contributed by atoms with Crippen LogP contribution in [0.3, 0.4) is 0 Å². The van der Waals surface area contributed by atoms with E-state index in [0.29, 0.717) is 19.6 Å². The summed E-state index contributed by atoms with van der Waals surface area (Å²) in [5.41, 5.74) is 1.89. The molecule has 1 amide bonds. The molecule has 0 aromatic heterocycles. The van der Waals surface area contributed by atoms with Gasteiger partial charge in [-0.15, -0.1) is 0 Å². The van der Waals surface area contributed by atoms with Crippen molar-refractivity contribution in [2.45, 2.75) is 20.3 Å². The van der Waals surface area contributed by atoms with Crippen molar-refractivity contribution in [3.05, 3.63) is 54.1 Å². The highest BCUT2D eigenvalue weighted by atomic mass is 16.5. The average Bonchev–Trinajstić information content (AvgIpc) is 2.50. The van der Waals surface area contributed by atoms with Crippen LogP contribution in [0.1, 0.15) is 18.9 Å². The van der Waals surface area contributed by atoms with E-state index in [4.69, 9.17) is 9.47 Å². The van der Waals surface area contributed by atoms with Crippen LogP contribution in [0.4, 0.5) is 5.69 Å². The summed E-state index contributed by atoms with van der Waals surface area (Å²) in [6.07, 6.45) is 0.307. The Kier molecular flexibility index (Phi) is 5.83. The summed E-state index contributed by atoms with van der Waals surface area (Å²) in [4.78, 5) is 11.9. The Morgan fingerprint density at radius 2 is 1.82 bits per heavy atom. The number of carbonyl (C=O) groups is 1. The molecule has 1 N–H and O–H groups in total. The zero-order valence-electron chi connectivity index (χ0n) is 13.0. The van der Waals surface area contributed by atoms with Gasteiger partial charge in [-0.05, 0) is 55.8 Å². The zero-order chi connectivity index (χ0) is 15.8. The first kappa shape index (κ1) is 15.9. The Bertz CT molecular complexity index is 608. The van der Waals surface area contributed by atoms with E-state index >= 15 is 0 Å². The first-order chi connectivity index (χ1) is 10.7. The normalized spacial score (nSPS) is 10.1. The molecule has 0 aliphatic carbocycles. The number of carbonyl (C=O) groups excluding carboxylic acids is 1. The molecule has 2 aromatic carbocycles. The summed E-state index contributed by atoms with van der Waals surface area (Å²) < 4.78 is 10.9. The fourth-order valence-electron chi connectivity index (χ4n) is 1.99. The smallest absolute Gasteiger partial charge is 0.227 e. The maximum absolute atomic E-state index is 11.9. The van der Waals surface area contributed by atoms with E-state index < -0.39 is 0 Å². The maximum atomic E-state index is 11.9. The van der Waals surface area contributed by atoms with Crippen LogP contribution in [-0.4, -0.2) is 19.1 Å². The summed E-state index contributed by atoms with van der Waals surface area (Å²) in [7, 11) is 0. The largest absolute Gasteiger partial charge is 0.494 e. The Morgan fingerprint density at radius 1 is 1.05 bits per heavy atom. The highest BCUT2D eigenvalue weighted by molar-refractivity contribution is 5.90. The van der Waals surface area contributed by atoms with Crippen molar-refractivity contribution in [2.24, 2.45) is 0 Å². The lowest BCUT2D eigenvalue weighted by Crippen LogP contribution is -2.15. The van der Waals surface area contributed by atoms with E-state index in [1.807, 2.05) is 62.4 Å². The predicted molar refractivity (Wildman–Crippen MR) is 87.5 cm³/mol. The summed E-state index contributed by atoms with van der Waals surface area (Å²) in [6.45, 7) is 4.92. The number of hydrogen-bond acceptors (Lipinski definition) is 3. The molecule has 0 radical (unpaired) electrons. The molecule has 0 aliphatic heterocycles. The number of amides is 1. The van der Waals surface area contributed by atoms with Crippen molar-refractivity contribution in [3.8, 4) is 11.5 Å². The maximum Gasteiger partial charge on any atom is 0.227 e. The molecule has 2 rings (SSSR count). The summed E-state index contributed by atoms with van der Waals surface area (Å²) in [6, 6.07) is 15.1. The number of anilines is 1. The Balaban J connectivity index is 1.75. The molecule has 0 spiro atoms. The minimum absolute atomic E-state index is 0.0724. The van der Waals surface area contributed by atoms with Crippen LogP contribution >= 0.6 is 0 Å². The van der Waals surface area contributed by atoms with Gasteiger partial charge in [-0.2, -0.15) is 0 Å². The van der Waals surface area contributed by atoms with Gasteiger partial charge in [0.2, 0.25) is 5.91 Å². The summed E-state index contributed by atoms with van der Waals surface area (Å²) in [5.74, 6) is 1.51. The van der Waals surface area contributed by atoms with E-state index in [1.54, 1.807) is 0 Å². The van der Waals surface area contributed by atoms with Crippen molar-refractivity contribution >= 4 is 11.6 Å². The Labute approximate surface area is 131 Å². The van der Waals surface area contributed by atoms with Crippen molar-refractivity contribution < 1.29 is 14.3 Å². The van der Waals surface area contributed by atoms with Crippen LogP contribution in [0.15, 0.2) is 48.5 Å². The van der Waals surface area contributed by atoms with Crippen molar-refractivity contribution in [2.75, 3.05) is 18.5 Å². The average molecular weight is 299 g/mol. The molecular weight excluding hydrogens is 278 g/mol. The van der Waals surface area contributed by atoms with Crippen LogP contribution < -0.4 is 14.8 Å². The molecule has 0 atom stereocenters. The summed E-state index contributed by atoms with van der Waals surface area (Å²) in [5, 5.41) is 2.83. The third-order valence-electron chi connectivity index (χ3n) is 3.04. The van der Waals surface area contributed by atoms with Crippen LogP contribution in [0.25, 0.3) is 0 Å². The molecule has 0 saturated carbocycles. The Hall–Kier alpha value is -2.49. The molecule has 4 nitrogen and oxygen atoms in total. The number of benzene rings is 2. The van der Waals surface area contributed by atoms with Gasteiger partial charge in [-0.3, -0.25) is 4.79 Å².